The highest BCUT2D eigenvalue weighted by Crippen LogP contribution is 2.33. The summed E-state index contributed by atoms with van der Waals surface area (Å²) in [6.07, 6.45) is 3.75. The van der Waals surface area contributed by atoms with Gasteiger partial charge in [-0.2, -0.15) is 0 Å². The third kappa shape index (κ3) is 2.68. The lowest BCUT2D eigenvalue weighted by molar-refractivity contribution is -0.126. The van der Waals surface area contributed by atoms with Gasteiger partial charge in [-0.05, 0) is 26.2 Å². The van der Waals surface area contributed by atoms with Gasteiger partial charge in [-0.25, -0.2) is 0 Å². The highest BCUT2D eigenvalue weighted by atomic mass is 16.5. The number of nitrogens with zero attached hydrogens (tertiary/aromatic N) is 1. The molecule has 18 heavy (non-hydrogen) atoms. The average molecular weight is 253 g/mol. The summed E-state index contributed by atoms with van der Waals surface area (Å²) in [7, 11) is 0. The van der Waals surface area contributed by atoms with Gasteiger partial charge >= 0.3 is 0 Å². The number of carbonyl (C=O) groups is 1. The number of ether oxygens (including phenoxy) is 1. The van der Waals surface area contributed by atoms with Crippen molar-refractivity contribution in [2.75, 3.05) is 26.3 Å². The molecule has 3 rings (SSSR count). The van der Waals surface area contributed by atoms with Gasteiger partial charge in [0.05, 0.1) is 13.2 Å². The van der Waals surface area contributed by atoms with Crippen LogP contribution in [0.25, 0.3) is 0 Å². The van der Waals surface area contributed by atoms with Crippen LogP contribution in [0.5, 0.6) is 0 Å². The monoisotopic (exact) mass is 253 g/mol. The number of morpholine rings is 1. The fraction of sp³-hybridized carbons (Fsp3) is 0.923. The van der Waals surface area contributed by atoms with Crippen LogP contribution in [0.1, 0.15) is 26.2 Å². The lowest BCUT2D eigenvalue weighted by Gasteiger charge is -2.24. The van der Waals surface area contributed by atoms with Crippen LogP contribution >= 0.6 is 0 Å². The SMILES string of the molecule is C[C@@H]1C[C@@H](NC(=O)[C@H]2COCCN2)CN1C1CC1. The summed E-state index contributed by atoms with van der Waals surface area (Å²) in [6, 6.07) is 1.55. The molecule has 1 aliphatic carbocycles. The van der Waals surface area contributed by atoms with Gasteiger partial charge in [0.15, 0.2) is 0 Å². The van der Waals surface area contributed by atoms with E-state index in [1.54, 1.807) is 0 Å². The van der Waals surface area contributed by atoms with E-state index in [-0.39, 0.29) is 11.9 Å². The molecule has 3 fully saturated rings. The third-order valence-corrected chi connectivity index (χ3v) is 4.22. The molecule has 2 N–H and O–H groups in total. The van der Waals surface area contributed by atoms with Crippen LogP contribution in [0.2, 0.25) is 0 Å². The van der Waals surface area contributed by atoms with Crippen LogP contribution < -0.4 is 10.6 Å². The predicted molar refractivity (Wildman–Crippen MR) is 68.3 cm³/mol. The van der Waals surface area contributed by atoms with Crippen molar-refractivity contribution in [3.05, 3.63) is 0 Å². The normalized spacial score (nSPS) is 37.7. The van der Waals surface area contributed by atoms with Crippen molar-refractivity contribution in [3.63, 3.8) is 0 Å². The third-order valence-electron chi connectivity index (χ3n) is 4.22. The van der Waals surface area contributed by atoms with E-state index in [2.05, 4.69) is 22.5 Å². The topological polar surface area (TPSA) is 53.6 Å². The minimum Gasteiger partial charge on any atom is -0.378 e. The van der Waals surface area contributed by atoms with Gasteiger partial charge in [-0.3, -0.25) is 9.69 Å². The summed E-state index contributed by atoms with van der Waals surface area (Å²) in [4.78, 5) is 14.6. The average Bonchev–Trinajstić information content (AvgIpc) is 3.15. The number of hydrogen-bond acceptors (Lipinski definition) is 4. The number of rotatable bonds is 3. The van der Waals surface area contributed by atoms with E-state index in [1.807, 2.05) is 0 Å². The van der Waals surface area contributed by atoms with Gasteiger partial charge in [0, 0.05) is 31.2 Å². The lowest BCUT2D eigenvalue weighted by Crippen LogP contribution is -2.53. The molecule has 3 aliphatic rings. The van der Waals surface area contributed by atoms with E-state index in [1.165, 1.54) is 12.8 Å². The van der Waals surface area contributed by atoms with E-state index < -0.39 is 0 Å². The standard InChI is InChI=1S/C13H23N3O2/c1-9-6-10(7-16(9)11-2-3-11)15-13(17)12-8-18-5-4-14-12/h9-12,14H,2-8H2,1H3,(H,15,17)/t9-,10-,12-/m1/s1. The molecule has 5 heteroatoms. The molecule has 0 spiro atoms. The molecule has 2 saturated heterocycles. The van der Waals surface area contributed by atoms with Crippen molar-refractivity contribution in [3.8, 4) is 0 Å². The Morgan fingerprint density at radius 1 is 1.44 bits per heavy atom. The van der Waals surface area contributed by atoms with Gasteiger partial charge in [0.2, 0.25) is 5.91 Å². The summed E-state index contributed by atoms with van der Waals surface area (Å²) >= 11 is 0. The fourth-order valence-corrected chi connectivity index (χ4v) is 3.11. The van der Waals surface area contributed by atoms with Crippen LogP contribution in [0.4, 0.5) is 0 Å². The molecule has 0 radical (unpaired) electrons. The quantitative estimate of drug-likeness (QED) is 0.726. The zero-order chi connectivity index (χ0) is 12.5. The first-order chi connectivity index (χ1) is 8.74. The summed E-state index contributed by atoms with van der Waals surface area (Å²) in [5.41, 5.74) is 0. The first-order valence-electron chi connectivity index (χ1n) is 7.11. The first kappa shape index (κ1) is 12.4. The smallest absolute Gasteiger partial charge is 0.239 e. The summed E-state index contributed by atoms with van der Waals surface area (Å²) in [5, 5.41) is 6.37. The van der Waals surface area contributed by atoms with Crippen LogP contribution in [0, 0.1) is 0 Å². The Kier molecular flexibility index (Phi) is 3.54. The highest BCUT2D eigenvalue weighted by molar-refractivity contribution is 5.82. The van der Waals surface area contributed by atoms with Crippen LogP contribution in [0.3, 0.4) is 0 Å². The summed E-state index contributed by atoms with van der Waals surface area (Å²) in [6.45, 7) is 5.27. The largest absolute Gasteiger partial charge is 0.378 e. The molecule has 0 aromatic rings. The molecular weight excluding hydrogens is 230 g/mol. The molecule has 2 aliphatic heterocycles. The van der Waals surface area contributed by atoms with Crippen LogP contribution in [0.15, 0.2) is 0 Å². The fourth-order valence-electron chi connectivity index (χ4n) is 3.11. The maximum atomic E-state index is 12.1. The molecule has 1 saturated carbocycles. The molecule has 0 aromatic carbocycles. The van der Waals surface area contributed by atoms with Crippen LogP contribution in [-0.4, -0.2) is 61.3 Å². The van der Waals surface area contributed by atoms with Gasteiger partial charge in [0.25, 0.3) is 0 Å². The van der Waals surface area contributed by atoms with Crippen molar-refractivity contribution in [2.24, 2.45) is 0 Å². The second-order valence-electron chi connectivity index (χ2n) is 5.80. The summed E-state index contributed by atoms with van der Waals surface area (Å²) < 4.78 is 5.32. The molecular formula is C13H23N3O2. The van der Waals surface area contributed by atoms with Crippen molar-refractivity contribution in [1.82, 2.24) is 15.5 Å². The van der Waals surface area contributed by atoms with Gasteiger partial charge in [-0.15, -0.1) is 0 Å². The van der Waals surface area contributed by atoms with Gasteiger partial charge in [-0.1, -0.05) is 0 Å². The number of amides is 1. The van der Waals surface area contributed by atoms with Crippen molar-refractivity contribution >= 4 is 5.91 Å². The Morgan fingerprint density at radius 2 is 2.28 bits per heavy atom. The Bertz CT molecular complexity index is 313. The van der Waals surface area contributed by atoms with E-state index in [4.69, 9.17) is 4.74 Å². The Morgan fingerprint density at radius 3 is 2.94 bits per heavy atom. The zero-order valence-corrected chi connectivity index (χ0v) is 11.0. The van der Waals surface area contributed by atoms with E-state index >= 15 is 0 Å². The van der Waals surface area contributed by atoms with Gasteiger partial charge < -0.3 is 15.4 Å². The molecule has 1 amide bonds. The maximum absolute atomic E-state index is 12.1. The second kappa shape index (κ2) is 5.15. The predicted octanol–water partition coefficient (Wildman–Crippen LogP) is -0.284. The van der Waals surface area contributed by atoms with E-state index in [0.29, 0.717) is 25.3 Å². The molecule has 2 heterocycles. The molecule has 102 valence electrons. The van der Waals surface area contributed by atoms with Crippen molar-refractivity contribution < 1.29 is 9.53 Å². The van der Waals surface area contributed by atoms with Crippen molar-refractivity contribution in [1.29, 1.82) is 0 Å². The van der Waals surface area contributed by atoms with Crippen LogP contribution in [-0.2, 0) is 9.53 Å². The maximum Gasteiger partial charge on any atom is 0.239 e. The zero-order valence-electron chi connectivity index (χ0n) is 11.0. The second-order valence-corrected chi connectivity index (χ2v) is 5.80. The molecule has 3 atom stereocenters. The molecule has 0 bridgehead atoms. The van der Waals surface area contributed by atoms with E-state index in [9.17, 15) is 4.79 Å². The number of nitrogens with one attached hydrogen (secondary N) is 2. The minimum absolute atomic E-state index is 0.101. The van der Waals surface area contributed by atoms with Gasteiger partial charge in [0.1, 0.15) is 6.04 Å². The Labute approximate surface area is 108 Å². The lowest BCUT2D eigenvalue weighted by atomic mass is 10.1. The van der Waals surface area contributed by atoms with Crippen molar-refractivity contribution in [2.45, 2.75) is 50.4 Å². The first-order valence-corrected chi connectivity index (χ1v) is 7.11. The molecule has 5 nitrogen and oxygen atoms in total. The minimum atomic E-state index is -0.163. The highest BCUT2D eigenvalue weighted by Gasteiger charge is 2.39. The Balaban J connectivity index is 1.49. The number of hydrogen-bond donors (Lipinski definition) is 2. The molecule has 0 unspecified atom stereocenters. The Hall–Kier alpha value is -0.650. The summed E-state index contributed by atoms with van der Waals surface area (Å²) in [5.74, 6) is 0.101. The number of carbonyl (C=O) groups excluding carboxylic acids is 1. The number of likely N-dealkylation sites (tertiary alicyclic amines) is 1. The van der Waals surface area contributed by atoms with E-state index in [0.717, 1.165) is 25.6 Å². The molecule has 0 aromatic heterocycles.